The molecule has 0 heterocycles. The van der Waals surface area contributed by atoms with Gasteiger partial charge >= 0.3 is 6.03 Å². The Labute approximate surface area is 157 Å². The highest BCUT2D eigenvalue weighted by molar-refractivity contribution is 6.08. The second kappa shape index (κ2) is 8.49. The lowest BCUT2D eigenvalue weighted by atomic mass is 10.1. The Morgan fingerprint density at radius 1 is 0.704 bits per heavy atom. The first-order valence-electron chi connectivity index (χ1n) is 8.41. The maximum absolute atomic E-state index is 12.5. The Morgan fingerprint density at radius 3 is 1.93 bits per heavy atom. The third kappa shape index (κ3) is 4.83. The van der Waals surface area contributed by atoms with Crippen molar-refractivity contribution < 1.29 is 9.59 Å². The number of amides is 3. The quantitative estimate of drug-likeness (QED) is 0.585. The van der Waals surface area contributed by atoms with Gasteiger partial charge in [0.25, 0.3) is 5.91 Å². The number of carbonyl (C=O) groups excluding carboxylic acids is 2. The summed E-state index contributed by atoms with van der Waals surface area (Å²) in [6.07, 6.45) is 1.71. The second-order valence-electron chi connectivity index (χ2n) is 5.77. The summed E-state index contributed by atoms with van der Waals surface area (Å²) in [5.74, 6) is -0.261. The van der Waals surface area contributed by atoms with Gasteiger partial charge in [0.2, 0.25) is 0 Å². The van der Waals surface area contributed by atoms with Crippen molar-refractivity contribution in [3.63, 3.8) is 0 Å². The van der Waals surface area contributed by atoms with Crippen molar-refractivity contribution in [1.29, 1.82) is 0 Å². The molecule has 0 saturated heterocycles. The van der Waals surface area contributed by atoms with Crippen LogP contribution in [0, 0.1) is 0 Å². The topological polar surface area (TPSA) is 70.2 Å². The van der Waals surface area contributed by atoms with Crippen LogP contribution in [0.25, 0.3) is 6.08 Å². The molecule has 0 bridgehead atoms. The lowest BCUT2D eigenvalue weighted by molar-refractivity contribution is 0.102. The van der Waals surface area contributed by atoms with E-state index in [-0.39, 0.29) is 5.91 Å². The SMILES string of the molecule is C=Cc1ccc(C(=O)Nc2ccccc2NC(=O)Nc2ccccc2)cc1. The van der Waals surface area contributed by atoms with Gasteiger partial charge in [0.15, 0.2) is 0 Å². The molecule has 0 aliphatic rings. The number of anilines is 3. The van der Waals surface area contributed by atoms with Crippen molar-refractivity contribution in [3.8, 4) is 0 Å². The molecule has 0 aliphatic carbocycles. The molecule has 3 N–H and O–H groups in total. The average molecular weight is 357 g/mol. The molecule has 0 atom stereocenters. The van der Waals surface area contributed by atoms with Gasteiger partial charge in [0.1, 0.15) is 0 Å². The Morgan fingerprint density at radius 2 is 1.30 bits per heavy atom. The highest BCUT2D eigenvalue weighted by Crippen LogP contribution is 2.22. The highest BCUT2D eigenvalue weighted by Gasteiger charge is 2.11. The van der Waals surface area contributed by atoms with Gasteiger partial charge in [0, 0.05) is 11.3 Å². The summed E-state index contributed by atoms with van der Waals surface area (Å²) in [5.41, 5.74) is 3.15. The van der Waals surface area contributed by atoms with Gasteiger partial charge in [-0.1, -0.05) is 55.1 Å². The maximum Gasteiger partial charge on any atom is 0.323 e. The van der Waals surface area contributed by atoms with Gasteiger partial charge < -0.3 is 16.0 Å². The molecule has 27 heavy (non-hydrogen) atoms. The zero-order chi connectivity index (χ0) is 19.1. The van der Waals surface area contributed by atoms with E-state index in [1.165, 1.54) is 0 Å². The minimum atomic E-state index is -0.391. The molecule has 3 rings (SSSR count). The first-order valence-corrected chi connectivity index (χ1v) is 8.41. The van der Waals surface area contributed by atoms with Crippen molar-refractivity contribution in [2.45, 2.75) is 0 Å². The standard InChI is InChI=1S/C22H19N3O2/c1-2-16-12-14-17(15-13-16)21(26)24-19-10-6-7-11-20(19)25-22(27)23-18-8-4-3-5-9-18/h2-15H,1H2,(H,24,26)(H2,23,25,27). The fraction of sp³-hybridized carbons (Fsp3) is 0. The van der Waals surface area contributed by atoms with E-state index in [0.717, 1.165) is 5.56 Å². The predicted octanol–water partition coefficient (Wildman–Crippen LogP) is 5.23. The molecule has 3 aromatic carbocycles. The van der Waals surface area contributed by atoms with Gasteiger partial charge in [-0.05, 0) is 42.0 Å². The van der Waals surface area contributed by atoms with Crippen molar-refractivity contribution in [2.75, 3.05) is 16.0 Å². The molecule has 134 valence electrons. The minimum absolute atomic E-state index is 0.261. The van der Waals surface area contributed by atoms with Crippen LogP contribution in [-0.4, -0.2) is 11.9 Å². The summed E-state index contributed by atoms with van der Waals surface area (Å²) in [7, 11) is 0. The van der Waals surface area contributed by atoms with Crippen molar-refractivity contribution in [2.24, 2.45) is 0 Å². The monoisotopic (exact) mass is 357 g/mol. The number of nitrogens with one attached hydrogen (secondary N) is 3. The predicted molar refractivity (Wildman–Crippen MR) is 110 cm³/mol. The van der Waals surface area contributed by atoms with Crippen molar-refractivity contribution >= 4 is 35.1 Å². The van der Waals surface area contributed by atoms with E-state index in [2.05, 4.69) is 22.5 Å². The number of hydrogen-bond acceptors (Lipinski definition) is 2. The van der Waals surface area contributed by atoms with E-state index in [4.69, 9.17) is 0 Å². The first kappa shape index (κ1) is 17.9. The summed E-state index contributed by atoms with van der Waals surface area (Å²) in [5, 5.41) is 8.33. The van der Waals surface area contributed by atoms with E-state index in [9.17, 15) is 9.59 Å². The first-order chi connectivity index (χ1) is 13.2. The number of para-hydroxylation sites is 3. The fourth-order valence-corrected chi connectivity index (χ4v) is 2.47. The number of urea groups is 1. The molecule has 0 aliphatic heterocycles. The van der Waals surface area contributed by atoms with Crippen LogP contribution in [0.5, 0.6) is 0 Å². The van der Waals surface area contributed by atoms with Gasteiger partial charge in [-0.25, -0.2) is 4.79 Å². The van der Waals surface area contributed by atoms with Gasteiger partial charge in [-0.2, -0.15) is 0 Å². The molecule has 0 aromatic heterocycles. The Hall–Kier alpha value is -3.86. The van der Waals surface area contributed by atoms with Gasteiger partial charge in [-0.3, -0.25) is 4.79 Å². The Kier molecular flexibility index (Phi) is 5.64. The number of hydrogen-bond donors (Lipinski definition) is 3. The van der Waals surface area contributed by atoms with Crippen LogP contribution in [0.4, 0.5) is 21.9 Å². The summed E-state index contributed by atoms with van der Waals surface area (Å²) < 4.78 is 0. The largest absolute Gasteiger partial charge is 0.323 e. The van der Waals surface area contributed by atoms with Crippen LogP contribution in [-0.2, 0) is 0 Å². The third-order valence-electron chi connectivity index (χ3n) is 3.86. The molecule has 3 amide bonds. The second-order valence-corrected chi connectivity index (χ2v) is 5.77. The fourth-order valence-electron chi connectivity index (χ4n) is 2.47. The minimum Gasteiger partial charge on any atom is -0.320 e. The van der Waals surface area contributed by atoms with E-state index < -0.39 is 6.03 Å². The van der Waals surface area contributed by atoms with Crippen LogP contribution in [0.3, 0.4) is 0 Å². The zero-order valence-corrected chi connectivity index (χ0v) is 14.6. The normalized spacial score (nSPS) is 9.93. The van der Waals surface area contributed by atoms with Crippen LogP contribution in [0.2, 0.25) is 0 Å². The van der Waals surface area contributed by atoms with Gasteiger partial charge in [-0.15, -0.1) is 0 Å². The highest BCUT2D eigenvalue weighted by atomic mass is 16.2. The summed E-state index contributed by atoms with van der Waals surface area (Å²) >= 11 is 0. The molecule has 0 radical (unpaired) electrons. The van der Waals surface area contributed by atoms with E-state index >= 15 is 0 Å². The molecule has 3 aromatic rings. The zero-order valence-electron chi connectivity index (χ0n) is 14.6. The molecule has 0 spiro atoms. The maximum atomic E-state index is 12.5. The molecule has 0 unspecified atom stereocenters. The number of benzene rings is 3. The molecule has 5 nitrogen and oxygen atoms in total. The Balaban J connectivity index is 1.70. The van der Waals surface area contributed by atoms with Crippen molar-refractivity contribution in [1.82, 2.24) is 0 Å². The Bertz CT molecular complexity index is 951. The number of rotatable bonds is 5. The molecular weight excluding hydrogens is 338 g/mol. The van der Waals surface area contributed by atoms with Crippen molar-refractivity contribution in [3.05, 3.63) is 96.6 Å². The number of carbonyl (C=O) groups is 2. The van der Waals surface area contributed by atoms with Crippen LogP contribution >= 0.6 is 0 Å². The summed E-state index contributed by atoms with van der Waals surface area (Å²) in [4.78, 5) is 24.7. The van der Waals surface area contributed by atoms with Gasteiger partial charge in [0.05, 0.1) is 11.4 Å². The van der Waals surface area contributed by atoms with E-state index in [1.807, 2.05) is 30.3 Å². The lowest BCUT2D eigenvalue weighted by Crippen LogP contribution is -2.21. The lowest BCUT2D eigenvalue weighted by Gasteiger charge is -2.13. The van der Waals surface area contributed by atoms with E-state index in [1.54, 1.807) is 54.6 Å². The molecule has 5 heteroatoms. The molecule has 0 fully saturated rings. The average Bonchev–Trinajstić information content (AvgIpc) is 2.70. The molecular formula is C22H19N3O2. The molecule has 0 saturated carbocycles. The van der Waals surface area contributed by atoms with Crippen LogP contribution < -0.4 is 16.0 Å². The summed E-state index contributed by atoms with van der Waals surface area (Å²) in [6.45, 7) is 3.70. The smallest absolute Gasteiger partial charge is 0.320 e. The third-order valence-corrected chi connectivity index (χ3v) is 3.86. The van der Waals surface area contributed by atoms with Crippen LogP contribution in [0.1, 0.15) is 15.9 Å². The summed E-state index contributed by atoms with van der Waals surface area (Å²) in [6, 6.07) is 22.9. The van der Waals surface area contributed by atoms with Crippen LogP contribution in [0.15, 0.2) is 85.4 Å². The van der Waals surface area contributed by atoms with E-state index in [0.29, 0.717) is 22.6 Å².